The van der Waals surface area contributed by atoms with Crippen LogP contribution in [0.2, 0.25) is 0 Å². The molecule has 0 saturated heterocycles. The molecule has 2 aromatic rings. The highest BCUT2D eigenvalue weighted by molar-refractivity contribution is 5.41. The van der Waals surface area contributed by atoms with Crippen molar-refractivity contribution in [3.05, 3.63) is 59.4 Å². The number of pyridine rings is 1. The van der Waals surface area contributed by atoms with E-state index in [1.54, 1.807) is 0 Å². The fourth-order valence-corrected chi connectivity index (χ4v) is 2.09. The van der Waals surface area contributed by atoms with E-state index in [0.29, 0.717) is 13.2 Å². The van der Waals surface area contributed by atoms with Gasteiger partial charge in [0.2, 0.25) is 0 Å². The van der Waals surface area contributed by atoms with E-state index >= 15 is 0 Å². The van der Waals surface area contributed by atoms with E-state index in [-0.39, 0.29) is 0 Å². The quantitative estimate of drug-likeness (QED) is 0.864. The standard InChI is InChI=1S/C16H20N2O/c1-13-3-2-4-15(5-9-17)16(13)19-12-8-14-6-10-18-11-7-14/h2-4,6-7,10-11H,5,8-9,12,17H2,1H3. The molecule has 3 nitrogen and oxygen atoms in total. The van der Waals surface area contributed by atoms with Crippen molar-refractivity contribution in [2.75, 3.05) is 13.2 Å². The lowest BCUT2D eigenvalue weighted by atomic mass is 10.1. The van der Waals surface area contributed by atoms with E-state index in [0.717, 1.165) is 18.6 Å². The smallest absolute Gasteiger partial charge is 0.125 e. The summed E-state index contributed by atoms with van der Waals surface area (Å²) in [7, 11) is 0. The van der Waals surface area contributed by atoms with Crippen LogP contribution in [-0.2, 0) is 12.8 Å². The van der Waals surface area contributed by atoms with E-state index in [4.69, 9.17) is 10.5 Å². The predicted octanol–water partition coefficient (Wildman–Crippen LogP) is 2.51. The Hall–Kier alpha value is -1.87. The Labute approximate surface area is 114 Å². The lowest BCUT2D eigenvalue weighted by Gasteiger charge is -2.13. The number of para-hydroxylation sites is 1. The van der Waals surface area contributed by atoms with Crippen molar-refractivity contribution in [2.45, 2.75) is 19.8 Å². The highest BCUT2D eigenvalue weighted by Gasteiger charge is 2.06. The normalized spacial score (nSPS) is 10.4. The van der Waals surface area contributed by atoms with Gasteiger partial charge in [-0.3, -0.25) is 4.98 Å². The summed E-state index contributed by atoms with van der Waals surface area (Å²) in [4.78, 5) is 4.01. The molecule has 0 aliphatic rings. The van der Waals surface area contributed by atoms with Gasteiger partial charge in [0.25, 0.3) is 0 Å². The molecule has 0 amide bonds. The van der Waals surface area contributed by atoms with Gasteiger partial charge in [-0.2, -0.15) is 0 Å². The Bertz CT molecular complexity index is 511. The molecule has 0 radical (unpaired) electrons. The van der Waals surface area contributed by atoms with E-state index < -0.39 is 0 Å². The van der Waals surface area contributed by atoms with Crippen LogP contribution in [0.5, 0.6) is 5.75 Å². The van der Waals surface area contributed by atoms with E-state index in [1.807, 2.05) is 24.5 Å². The number of benzene rings is 1. The predicted molar refractivity (Wildman–Crippen MR) is 77.4 cm³/mol. The minimum Gasteiger partial charge on any atom is -0.493 e. The zero-order valence-electron chi connectivity index (χ0n) is 11.3. The maximum atomic E-state index is 5.95. The van der Waals surface area contributed by atoms with Crippen molar-refractivity contribution in [2.24, 2.45) is 5.73 Å². The molecule has 0 fully saturated rings. The summed E-state index contributed by atoms with van der Waals surface area (Å²) < 4.78 is 5.95. The van der Waals surface area contributed by atoms with Crippen LogP contribution < -0.4 is 10.5 Å². The molecule has 3 heteroatoms. The number of hydrogen-bond donors (Lipinski definition) is 1. The van der Waals surface area contributed by atoms with Gasteiger partial charge in [-0.25, -0.2) is 0 Å². The fourth-order valence-electron chi connectivity index (χ4n) is 2.09. The third-order valence-electron chi connectivity index (χ3n) is 3.09. The van der Waals surface area contributed by atoms with Gasteiger partial charge >= 0.3 is 0 Å². The third-order valence-corrected chi connectivity index (χ3v) is 3.09. The molecular weight excluding hydrogens is 236 g/mol. The van der Waals surface area contributed by atoms with Gasteiger partial charge in [0.15, 0.2) is 0 Å². The van der Waals surface area contributed by atoms with Gasteiger partial charge in [-0.05, 0) is 48.7 Å². The first-order chi connectivity index (χ1) is 9.31. The minimum atomic E-state index is 0.643. The number of nitrogens with zero attached hydrogens (tertiary/aromatic N) is 1. The van der Waals surface area contributed by atoms with Crippen LogP contribution in [0.3, 0.4) is 0 Å². The highest BCUT2D eigenvalue weighted by atomic mass is 16.5. The first kappa shape index (κ1) is 13.6. The van der Waals surface area contributed by atoms with Crippen molar-refractivity contribution in [1.29, 1.82) is 0 Å². The minimum absolute atomic E-state index is 0.643. The molecule has 1 aromatic carbocycles. The van der Waals surface area contributed by atoms with Crippen LogP contribution in [0.15, 0.2) is 42.7 Å². The molecule has 0 bridgehead atoms. The Kier molecular flexibility index (Phi) is 4.93. The number of aromatic nitrogens is 1. The largest absolute Gasteiger partial charge is 0.493 e. The number of nitrogens with two attached hydrogens (primary N) is 1. The SMILES string of the molecule is Cc1cccc(CCN)c1OCCc1ccncc1. The van der Waals surface area contributed by atoms with Crippen molar-refractivity contribution < 1.29 is 4.74 Å². The number of ether oxygens (including phenoxy) is 1. The molecule has 1 aromatic heterocycles. The summed E-state index contributed by atoms with van der Waals surface area (Å²) in [6, 6.07) is 10.2. The van der Waals surface area contributed by atoms with Gasteiger partial charge in [0, 0.05) is 18.8 Å². The zero-order valence-corrected chi connectivity index (χ0v) is 11.3. The van der Waals surface area contributed by atoms with Crippen LogP contribution >= 0.6 is 0 Å². The van der Waals surface area contributed by atoms with E-state index in [1.165, 1.54) is 16.7 Å². The summed E-state index contributed by atoms with van der Waals surface area (Å²) in [6.45, 7) is 3.39. The second kappa shape index (κ2) is 6.90. The van der Waals surface area contributed by atoms with Crippen molar-refractivity contribution in [1.82, 2.24) is 4.98 Å². The molecule has 19 heavy (non-hydrogen) atoms. The van der Waals surface area contributed by atoms with Crippen molar-refractivity contribution in [3.63, 3.8) is 0 Å². The first-order valence-electron chi connectivity index (χ1n) is 6.61. The van der Waals surface area contributed by atoms with Gasteiger partial charge in [-0.15, -0.1) is 0 Å². The highest BCUT2D eigenvalue weighted by Crippen LogP contribution is 2.23. The van der Waals surface area contributed by atoms with E-state index in [9.17, 15) is 0 Å². The number of rotatable bonds is 6. The average molecular weight is 256 g/mol. The molecule has 1 heterocycles. The lowest BCUT2D eigenvalue weighted by molar-refractivity contribution is 0.316. The molecule has 2 rings (SSSR count). The topological polar surface area (TPSA) is 48.1 Å². The van der Waals surface area contributed by atoms with Gasteiger partial charge < -0.3 is 10.5 Å². The first-order valence-corrected chi connectivity index (χ1v) is 6.61. The maximum absolute atomic E-state index is 5.95. The number of aryl methyl sites for hydroxylation is 1. The molecule has 0 spiro atoms. The molecular formula is C16H20N2O. The molecule has 100 valence electrons. The molecule has 0 atom stereocenters. The Balaban J connectivity index is 1.99. The summed E-state index contributed by atoms with van der Waals surface area (Å²) in [5.74, 6) is 0.988. The summed E-state index contributed by atoms with van der Waals surface area (Å²) in [5, 5.41) is 0. The summed E-state index contributed by atoms with van der Waals surface area (Å²) in [6.07, 6.45) is 5.36. The molecule has 0 aliphatic heterocycles. The molecule has 0 unspecified atom stereocenters. The second-order valence-electron chi connectivity index (χ2n) is 4.56. The van der Waals surface area contributed by atoms with Crippen molar-refractivity contribution in [3.8, 4) is 5.75 Å². The van der Waals surface area contributed by atoms with Crippen molar-refractivity contribution >= 4 is 0 Å². The maximum Gasteiger partial charge on any atom is 0.125 e. The van der Waals surface area contributed by atoms with Crippen LogP contribution in [0.1, 0.15) is 16.7 Å². The van der Waals surface area contributed by atoms with Gasteiger partial charge in [-0.1, -0.05) is 18.2 Å². The average Bonchev–Trinajstić information content (AvgIpc) is 2.43. The zero-order chi connectivity index (χ0) is 13.5. The number of hydrogen-bond acceptors (Lipinski definition) is 3. The van der Waals surface area contributed by atoms with Gasteiger partial charge in [0.05, 0.1) is 6.61 Å². The van der Waals surface area contributed by atoms with Crippen LogP contribution in [0.25, 0.3) is 0 Å². The lowest BCUT2D eigenvalue weighted by Crippen LogP contribution is -2.08. The van der Waals surface area contributed by atoms with Gasteiger partial charge in [0.1, 0.15) is 5.75 Å². The third kappa shape index (κ3) is 3.80. The Morgan fingerprint density at radius 2 is 1.89 bits per heavy atom. The molecule has 2 N–H and O–H groups in total. The van der Waals surface area contributed by atoms with Crippen LogP contribution in [0, 0.1) is 6.92 Å². The van der Waals surface area contributed by atoms with Crippen LogP contribution in [-0.4, -0.2) is 18.1 Å². The summed E-state index contributed by atoms with van der Waals surface area (Å²) >= 11 is 0. The fraction of sp³-hybridized carbons (Fsp3) is 0.312. The second-order valence-corrected chi connectivity index (χ2v) is 4.56. The Morgan fingerprint density at radius 1 is 1.11 bits per heavy atom. The van der Waals surface area contributed by atoms with E-state index in [2.05, 4.69) is 30.1 Å². The molecule has 0 saturated carbocycles. The monoisotopic (exact) mass is 256 g/mol. The Morgan fingerprint density at radius 3 is 2.63 bits per heavy atom. The summed E-state index contributed by atoms with van der Waals surface area (Å²) in [5.41, 5.74) is 9.24. The van der Waals surface area contributed by atoms with Crippen LogP contribution in [0.4, 0.5) is 0 Å². The molecule has 0 aliphatic carbocycles.